The number of aryl methyl sites for hydroxylation is 1. The minimum absolute atomic E-state index is 0.246. The standard InChI is InChI=1S/C23H23N3O3S/c1-17-8-14-20(15-9-17)26(30(28)29)16-4-5-18-10-12-19(13-11-18)23(27)25-22-7-3-2-6-21(22)24/h2-15H,16,24H2,1H3,(H,25,27)(H,28,29). The Morgan fingerprint density at radius 1 is 1.07 bits per heavy atom. The number of nitrogens with one attached hydrogen (secondary N) is 1. The van der Waals surface area contributed by atoms with E-state index in [2.05, 4.69) is 5.32 Å². The first-order valence-electron chi connectivity index (χ1n) is 9.31. The third kappa shape index (κ3) is 5.56. The number of hydrogen-bond acceptors (Lipinski definition) is 3. The van der Waals surface area contributed by atoms with Gasteiger partial charge in [-0.3, -0.25) is 13.7 Å². The van der Waals surface area contributed by atoms with E-state index in [1.165, 1.54) is 4.31 Å². The number of carbonyl (C=O) groups is 1. The number of amides is 1. The molecule has 0 radical (unpaired) electrons. The van der Waals surface area contributed by atoms with Crippen LogP contribution in [-0.4, -0.2) is 21.2 Å². The van der Waals surface area contributed by atoms with Crippen LogP contribution in [0.4, 0.5) is 17.1 Å². The number of nitrogens with two attached hydrogens (primary N) is 1. The van der Waals surface area contributed by atoms with Crippen molar-refractivity contribution < 1.29 is 13.6 Å². The number of anilines is 3. The SMILES string of the molecule is Cc1ccc(N(CC=Cc2ccc(C(=O)Nc3ccccc3N)cc2)S(=O)O)cc1. The zero-order valence-electron chi connectivity index (χ0n) is 16.5. The molecule has 0 aliphatic rings. The van der Waals surface area contributed by atoms with E-state index in [4.69, 9.17) is 5.73 Å². The largest absolute Gasteiger partial charge is 0.397 e. The van der Waals surface area contributed by atoms with Crippen LogP contribution in [0.15, 0.2) is 78.9 Å². The van der Waals surface area contributed by atoms with E-state index < -0.39 is 11.3 Å². The number of nitrogen functional groups attached to an aromatic ring is 1. The highest BCUT2D eigenvalue weighted by atomic mass is 32.2. The van der Waals surface area contributed by atoms with Crippen LogP contribution in [0.5, 0.6) is 0 Å². The number of nitrogens with zero attached hydrogens (tertiary/aromatic N) is 1. The lowest BCUT2D eigenvalue weighted by Crippen LogP contribution is -2.25. The highest BCUT2D eigenvalue weighted by Crippen LogP contribution is 2.19. The van der Waals surface area contributed by atoms with Gasteiger partial charge in [-0.1, -0.05) is 54.1 Å². The van der Waals surface area contributed by atoms with Gasteiger partial charge >= 0.3 is 0 Å². The summed E-state index contributed by atoms with van der Waals surface area (Å²) in [6, 6.07) is 21.5. The van der Waals surface area contributed by atoms with Crippen molar-refractivity contribution in [2.45, 2.75) is 6.92 Å². The Hall–Kier alpha value is -3.42. The van der Waals surface area contributed by atoms with Crippen LogP contribution in [0, 0.1) is 6.92 Å². The third-order valence-corrected chi connectivity index (χ3v) is 5.21. The summed E-state index contributed by atoms with van der Waals surface area (Å²) in [7, 11) is 0. The average molecular weight is 422 g/mol. The number of carbonyl (C=O) groups excluding carboxylic acids is 1. The molecule has 3 aromatic rings. The van der Waals surface area contributed by atoms with E-state index in [0.717, 1.165) is 11.1 Å². The molecule has 3 aromatic carbocycles. The average Bonchev–Trinajstić information content (AvgIpc) is 2.74. The molecule has 0 aromatic heterocycles. The Balaban J connectivity index is 1.63. The summed E-state index contributed by atoms with van der Waals surface area (Å²) in [5, 5.41) is 2.79. The normalized spacial score (nSPS) is 11.9. The molecule has 0 aliphatic carbocycles. The van der Waals surface area contributed by atoms with E-state index >= 15 is 0 Å². The lowest BCUT2D eigenvalue weighted by Gasteiger charge is -2.18. The van der Waals surface area contributed by atoms with Crippen molar-refractivity contribution in [3.8, 4) is 0 Å². The summed E-state index contributed by atoms with van der Waals surface area (Å²) in [6.07, 6.45) is 3.64. The van der Waals surface area contributed by atoms with Gasteiger partial charge in [0, 0.05) is 5.56 Å². The van der Waals surface area contributed by atoms with E-state index in [1.807, 2.05) is 49.4 Å². The molecular weight excluding hydrogens is 398 g/mol. The van der Waals surface area contributed by atoms with Crippen molar-refractivity contribution in [2.24, 2.45) is 0 Å². The second-order valence-corrected chi connectivity index (χ2v) is 7.60. The van der Waals surface area contributed by atoms with Gasteiger partial charge in [0.2, 0.25) is 0 Å². The molecule has 0 saturated heterocycles. The quantitative estimate of drug-likeness (QED) is 0.387. The Bertz CT molecular complexity index is 1060. The van der Waals surface area contributed by atoms with Crippen LogP contribution in [0.3, 0.4) is 0 Å². The fourth-order valence-corrected chi connectivity index (χ4v) is 3.32. The third-order valence-electron chi connectivity index (χ3n) is 4.47. The fourth-order valence-electron chi connectivity index (χ4n) is 2.81. The van der Waals surface area contributed by atoms with Crippen LogP contribution in [0.2, 0.25) is 0 Å². The van der Waals surface area contributed by atoms with Gasteiger partial charge in [-0.25, -0.2) is 4.21 Å². The molecule has 3 rings (SSSR count). The highest BCUT2D eigenvalue weighted by Gasteiger charge is 2.10. The van der Waals surface area contributed by atoms with Crippen molar-refractivity contribution in [2.75, 3.05) is 21.9 Å². The summed E-state index contributed by atoms with van der Waals surface area (Å²) in [4.78, 5) is 12.4. The minimum Gasteiger partial charge on any atom is -0.397 e. The molecule has 1 amide bonds. The van der Waals surface area contributed by atoms with E-state index in [0.29, 0.717) is 22.6 Å². The molecule has 0 saturated carbocycles. The smallest absolute Gasteiger partial charge is 0.262 e. The predicted octanol–water partition coefficient (Wildman–Crippen LogP) is 4.49. The molecule has 1 atom stereocenters. The monoisotopic (exact) mass is 421 g/mol. The van der Waals surface area contributed by atoms with Crippen LogP contribution >= 0.6 is 0 Å². The summed E-state index contributed by atoms with van der Waals surface area (Å²) in [5.41, 5.74) is 10.1. The zero-order chi connectivity index (χ0) is 21.5. The van der Waals surface area contributed by atoms with Gasteiger partial charge in [0.25, 0.3) is 17.2 Å². The first kappa shape index (κ1) is 21.3. The lowest BCUT2D eigenvalue weighted by atomic mass is 10.1. The Morgan fingerprint density at radius 3 is 2.37 bits per heavy atom. The Labute approximate surface area is 178 Å². The highest BCUT2D eigenvalue weighted by molar-refractivity contribution is 7.80. The molecule has 7 heteroatoms. The minimum atomic E-state index is -2.13. The number of rotatable bonds is 7. The van der Waals surface area contributed by atoms with E-state index in [1.54, 1.807) is 42.5 Å². The maximum absolute atomic E-state index is 12.4. The first-order chi connectivity index (χ1) is 14.4. The van der Waals surface area contributed by atoms with Gasteiger partial charge in [0.1, 0.15) is 0 Å². The van der Waals surface area contributed by atoms with E-state index in [-0.39, 0.29) is 12.5 Å². The maximum atomic E-state index is 12.4. The Kier molecular flexibility index (Phi) is 7.00. The second kappa shape index (κ2) is 9.87. The topological polar surface area (TPSA) is 95.7 Å². The molecule has 4 N–H and O–H groups in total. The number of benzene rings is 3. The lowest BCUT2D eigenvalue weighted by molar-refractivity contribution is 0.102. The molecule has 1 unspecified atom stereocenters. The summed E-state index contributed by atoms with van der Waals surface area (Å²) < 4.78 is 22.6. The summed E-state index contributed by atoms with van der Waals surface area (Å²) in [5.74, 6) is -0.246. The molecule has 0 bridgehead atoms. The van der Waals surface area contributed by atoms with Crippen molar-refractivity contribution in [3.63, 3.8) is 0 Å². The van der Waals surface area contributed by atoms with Crippen LogP contribution in [-0.2, 0) is 11.3 Å². The van der Waals surface area contributed by atoms with Crippen LogP contribution in [0.25, 0.3) is 6.08 Å². The maximum Gasteiger partial charge on any atom is 0.262 e. The van der Waals surface area contributed by atoms with Crippen molar-refractivity contribution in [1.29, 1.82) is 0 Å². The molecule has 0 fully saturated rings. The Morgan fingerprint density at radius 2 is 1.73 bits per heavy atom. The van der Waals surface area contributed by atoms with Gasteiger partial charge in [0.15, 0.2) is 0 Å². The van der Waals surface area contributed by atoms with Gasteiger partial charge in [-0.15, -0.1) is 0 Å². The molecule has 0 heterocycles. The summed E-state index contributed by atoms with van der Waals surface area (Å²) in [6.45, 7) is 2.23. The molecule has 0 aliphatic heterocycles. The van der Waals surface area contributed by atoms with Gasteiger partial charge < -0.3 is 11.1 Å². The predicted molar refractivity (Wildman–Crippen MR) is 124 cm³/mol. The van der Waals surface area contributed by atoms with Crippen LogP contribution < -0.4 is 15.4 Å². The molecule has 0 spiro atoms. The van der Waals surface area contributed by atoms with E-state index in [9.17, 15) is 13.6 Å². The van der Waals surface area contributed by atoms with Gasteiger partial charge in [-0.2, -0.15) is 0 Å². The van der Waals surface area contributed by atoms with Crippen LogP contribution in [0.1, 0.15) is 21.5 Å². The second-order valence-electron chi connectivity index (χ2n) is 6.69. The first-order valence-corrected chi connectivity index (χ1v) is 10.4. The van der Waals surface area contributed by atoms with Gasteiger partial charge in [-0.05, 0) is 48.9 Å². The molecule has 6 nitrogen and oxygen atoms in total. The van der Waals surface area contributed by atoms with Crippen molar-refractivity contribution in [1.82, 2.24) is 0 Å². The molecular formula is C23H23N3O3S. The number of para-hydroxylation sites is 2. The van der Waals surface area contributed by atoms with Crippen molar-refractivity contribution >= 4 is 40.3 Å². The fraction of sp³-hybridized carbons (Fsp3) is 0.0870. The molecule has 154 valence electrons. The molecule has 30 heavy (non-hydrogen) atoms. The van der Waals surface area contributed by atoms with Gasteiger partial charge in [0.05, 0.1) is 23.6 Å². The number of hydrogen-bond donors (Lipinski definition) is 3. The summed E-state index contributed by atoms with van der Waals surface area (Å²) >= 11 is -2.13. The zero-order valence-corrected chi connectivity index (χ0v) is 17.3. The van der Waals surface area contributed by atoms with Crippen molar-refractivity contribution in [3.05, 3.63) is 95.6 Å².